The van der Waals surface area contributed by atoms with Crippen LogP contribution in [0.3, 0.4) is 0 Å². The third-order valence-electron chi connectivity index (χ3n) is 22.3. The van der Waals surface area contributed by atoms with E-state index in [4.69, 9.17) is 9.47 Å². The monoisotopic (exact) mass is 1280 g/mol. The van der Waals surface area contributed by atoms with Crippen molar-refractivity contribution in [2.75, 3.05) is 100 Å². The second kappa shape index (κ2) is 24.3. The Hall–Kier alpha value is -6.82. The van der Waals surface area contributed by atoms with Crippen LogP contribution < -0.4 is 18.9 Å². The first-order valence-corrected chi connectivity index (χ1v) is 36.0. The van der Waals surface area contributed by atoms with Crippen molar-refractivity contribution in [1.82, 2.24) is 46.8 Å². The third-order valence-corrected chi connectivity index (χ3v) is 25.2. The zero-order valence-corrected chi connectivity index (χ0v) is 54.8. The molecule has 0 spiro atoms. The van der Waals surface area contributed by atoms with Crippen molar-refractivity contribution in [3.63, 3.8) is 0 Å². The summed E-state index contributed by atoms with van der Waals surface area (Å²) in [5.74, 6) is -0.0650. The van der Waals surface area contributed by atoms with Gasteiger partial charge in [0.15, 0.2) is 0 Å². The molecule has 4 aromatic carbocycles. The van der Waals surface area contributed by atoms with E-state index in [1.807, 2.05) is 41.3 Å². The second-order valence-corrected chi connectivity index (χ2v) is 31.0. The molecule has 6 aromatic rings. The highest BCUT2D eigenvalue weighted by molar-refractivity contribution is 7.88. The summed E-state index contributed by atoms with van der Waals surface area (Å²) in [4.78, 5) is 67.8. The topological polar surface area (TPSA) is 208 Å². The SMILES string of the molecule is COc1ccc2c(c1)C[C@@H]1Cn3c-2c(C2CCCCC2)c2ccc(cc23)C(=O)NS(=O)(=O)N(C)CCN2CCN(C1=O)C(C1CCCC(c3c4n5c6cc(ccc36)C(=O)NS(=O)(=O)N(C)CCN3CCN(CC3)C(=O)CC[C@](C)(CC5)c3cc(OC)ccc3-4)C1)C2. The van der Waals surface area contributed by atoms with Gasteiger partial charge in [-0.15, -0.1) is 0 Å². The second-order valence-electron chi connectivity index (χ2n) is 27.5. The minimum atomic E-state index is -4.27. The Morgan fingerprint density at radius 2 is 1.13 bits per heavy atom. The molecule has 2 saturated heterocycles. The maximum atomic E-state index is 16.4. The van der Waals surface area contributed by atoms with Crippen molar-refractivity contribution < 1.29 is 45.5 Å². The van der Waals surface area contributed by atoms with Crippen LogP contribution in [0.1, 0.15) is 139 Å². The van der Waals surface area contributed by atoms with Crippen LogP contribution >= 0.6 is 0 Å². The highest BCUT2D eigenvalue weighted by atomic mass is 32.2. The lowest BCUT2D eigenvalue weighted by atomic mass is 9.71. The van der Waals surface area contributed by atoms with Crippen LogP contribution in [0.5, 0.6) is 11.5 Å². The number of carbonyl (C=O) groups excluding carboxylic acids is 4. The molecule has 2 saturated carbocycles. The van der Waals surface area contributed by atoms with Gasteiger partial charge in [0.2, 0.25) is 11.8 Å². The molecular weight excluding hydrogens is 1190 g/mol. The van der Waals surface area contributed by atoms with Crippen LogP contribution in [0.2, 0.25) is 0 Å². The molecule has 22 heteroatoms. The fourth-order valence-corrected chi connectivity index (χ4v) is 18.7. The van der Waals surface area contributed by atoms with Crippen molar-refractivity contribution >= 4 is 65.9 Å². The summed E-state index contributed by atoms with van der Waals surface area (Å²) in [6.45, 7) is 8.13. The van der Waals surface area contributed by atoms with Crippen molar-refractivity contribution in [2.45, 2.75) is 127 Å². The Labute approximate surface area is 534 Å². The highest BCUT2D eigenvalue weighted by Gasteiger charge is 2.45. The number of aromatic nitrogens is 2. The Balaban J connectivity index is 0.884. The molecule has 2 N–H and O–H groups in total. The first kappa shape index (κ1) is 61.7. The molecule has 4 amide bonds. The van der Waals surface area contributed by atoms with Gasteiger partial charge in [-0.2, -0.15) is 25.4 Å². The highest BCUT2D eigenvalue weighted by Crippen LogP contribution is 2.53. The number of amides is 4. The molecule has 10 aliphatic rings. The molecule has 484 valence electrons. The van der Waals surface area contributed by atoms with Gasteiger partial charge in [-0.05, 0) is 157 Å². The number of methoxy groups -OCH3 is 2. The number of hydrogen-bond acceptors (Lipinski definition) is 12. The Morgan fingerprint density at radius 3 is 1.80 bits per heavy atom. The number of nitrogens with one attached hydrogen (secondary N) is 2. The van der Waals surface area contributed by atoms with E-state index in [-0.39, 0.29) is 59.8 Å². The molecule has 4 fully saturated rings. The van der Waals surface area contributed by atoms with Gasteiger partial charge in [0.05, 0.1) is 31.5 Å². The van der Waals surface area contributed by atoms with Gasteiger partial charge in [0.1, 0.15) is 11.5 Å². The Kier molecular flexibility index (Phi) is 16.4. The minimum Gasteiger partial charge on any atom is -0.497 e. The van der Waals surface area contributed by atoms with Gasteiger partial charge in [0.25, 0.3) is 11.8 Å². The van der Waals surface area contributed by atoms with Gasteiger partial charge in [-0.25, -0.2) is 9.44 Å². The molecule has 10 heterocycles. The first-order chi connectivity index (χ1) is 43.8. The molecule has 0 radical (unpaired) electrons. The predicted molar refractivity (Wildman–Crippen MR) is 350 cm³/mol. The number of hydrogen-bond donors (Lipinski definition) is 2. The largest absolute Gasteiger partial charge is 0.497 e. The molecular formula is C69H86N10O10S2. The lowest BCUT2D eigenvalue weighted by molar-refractivity contribution is -0.143. The number of benzene rings is 4. The van der Waals surface area contributed by atoms with E-state index in [1.54, 1.807) is 26.4 Å². The zero-order chi connectivity index (χ0) is 63.3. The van der Waals surface area contributed by atoms with E-state index in [1.165, 1.54) is 34.7 Å². The van der Waals surface area contributed by atoms with Gasteiger partial charge in [0, 0.05) is 156 Å². The quantitative estimate of drug-likeness (QED) is 0.168. The number of fused-ring (bicyclic) bond motifs is 20. The van der Waals surface area contributed by atoms with Crippen LogP contribution in [-0.4, -0.2) is 184 Å². The summed E-state index contributed by atoms with van der Waals surface area (Å²) < 4.78 is 79.8. The number of carbonyl (C=O) groups is 4. The molecule has 12 bridgehead atoms. The van der Waals surface area contributed by atoms with E-state index in [2.05, 4.69) is 64.5 Å². The van der Waals surface area contributed by atoms with Gasteiger partial charge in [-0.3, -0.25) is 29.0 Å². The smallest absolute Gasteiger partial charge is 0.303 e. The summed E-state index contributed by atoms with van der Waals surface area (Å²) in [6.07, 6.45) is 10.9. The minimum absolute atomic E-state index is 0.0128. The molecule has 91 heavy (non-hydrogen) atoms. The zero-order valence-electron chi connectivity index (χ0n) is 53.2. The third kappa shape index (κ3) is 11.3. The van der Waals surface area contributed by atoms with E-state index in [9.17, 15) is 31.2 Å². The standard InChI is InChI=1S/C69H86N10O10S2/c1-69-23-22-61(80)76-33-30-74(31-34-76)28-26-72(2)90(84,85)70-66(81)47-14-18-55-58(39-47)77(25-24-69)65(54-21-17-52(89-5)41-57(54)69)63(55)46-13-9-12-45(36-46)60-43-75-29-27-73(3)91(86,87)71-67(82)48-15-19-56-59(40-48)79-42-50(68(83)78(60)35-32-75)37-49-38-51(88-4)16-20-53(49)64(79)62(56)44-10-7-6-8-11-44/h14-21,38-41,44-46,50,60H,6-13,22-37,42-43H2,1-5H3,(H,70,81)(H,71,82)/t45?,46?,50-,60?,69-/m1/s1. The van der Waals surface area contributed by atoms with Crippen molar-refractivity contribution in [2.24, 2.45) is 11.8 Å². The predicted octanol–water partition coefficient (Wildman–Crippen LogP) is 8.08. The van der Waals surface area contributed by atoms with E-state index < -0.39 is 43.6 Å². The molecule has 20 nitrogen and oxygen atoms in total. The van der Waals surface area contributed by atoms with E-state index >= 15 is 4.79 Å². The fraction of sp³-hybridized carbons (Fsp3) is 0.536. The van der Waals surface area contributed by atoms with Crippen LogP contribution in [-0.2, 0) is 54.9 Å². The maximum absolute atomic E-state index is 16.4. The van der Waals surface area contributed by atoms with Crippen LogP contribution in [0.4, 0.5) is 0 Å². The molecule has 6 atom stereocenters. The van der Waals surface area contributed by atoms with Crippen molar-refractivity contribution in [3.8, 4) is 34.0 Å². The number of piperazine rings is 2. The van der Waals surface area contributed by atoms with Crippen molar-refractivity contribution in [1.29, 1.82) is 0 Å². The maximum Gasteiger partial charge on any atom is 0.303 e. The van der Waals surface area contributed by atoms with Crippen LogP contribution in [0.15, 0.2) is 72.8 Å². The normalized spacial score (nSPS) is 27.2. The van der Waals surface area contributed by atoms with Gasteiger partial charge < -0.3 is 28.4 Å². The van der Waals surface area contributed by atoms with Gasteiger partial charge in [-0.1, -0.05) is 44.7 Å². The van der Waals surface area contributed by atoms with Crippen LogP contribution in [0.25, 0.3) is 44.3 Å². The van der Waals surface area contributed by atoms with E-state index in [0.717, 1.165) is 112 Å². The Morgan fingerprint density at radius 1 is 0.549 bits per heavy atom. The fourth-order valence-electron chi connectivity index (χ4n) is 17.1. The summed E-state index contributed by atoms with van der Waals surface area (Å²) in [7, 11) is -2.16. The molecule has 2 aromatic heterocycles. The van der Waals surface area contributed by atoms with Crippen LogP contribution in [0, 0.1) is 11.8 Å². The van der Waals surface area contributed by atoms with Crippen molar-refractivity contribution in [3.05, 3.63) is 106 Å². The first-order valence-electron chi connectivity index (χ1n) is 33.1. The number of aryl methyl sites for hydroxylation is 1. The number of rotatable bonds is 5. The average molecular weight is 1280 g/mol. The average Bonchev–Trinajstić information content (AvgIpc) is 1.58. The van der Waals surface area contributed by atoms with Gasteiger partial charge >= 0.3 is 20.4 Å². The lowest BCUT2D eigenvalue weighted by Gasteiger charge is -2.48. The molecule has 16 rings (SSSR count). The molecule has 4 unspecified atom stereocenters. The summed E-state index contributed by atoms with van der Waals surface area (Å²) in [5, 5.41) is 1.99. The lowest BCUT2D eigenvalue weighted by Crippen LogP contribution is -2.60. The molecule has 8 aliphatic heterocycles. The number of nitrogens with zero attached hydrogens (tertiary/aromatic N) is 8. The summed E-state index contributed by atoms with van der Waals surface area (Å²) in [6, 6.07) is 23.4. The molecule has 2 aliphatic carbocycles. The number of likely N-dealkylation sites (N-methyl/N-ethyl adjacent to an activating group) is 2. The summed E-state index contributed by atoms with van der Waals surface area (Å²) >= 11 is 0. The Bertz CT molecular complexity index is 4130. The number of ether oxygens (including phenoxy) is 2. The van der Waals surface area contributed by atoms with E-state index in [0.29, 0.717) is 109 Å². The summed E-state index contributed by atoms with van der Waals surface area (Å²) in [5.41, 5.74) is 10.2.